The number of amides is 1. The van der Waals surface area contributed by atoms with E-state index < -0.39 is 0 Å². The van der Waals surface area contributed by atoms with Crippen molar-refractivity contribution in [3.63, 3.8) is 0 Å². The Bertz CT molecular complexity index is 180. The van der Waals surface area contributed by atoms with E-state index in [-0.39, 0.29) is 12.2 Å². The standard InChI is InChI=1S/C10H19NO2/c1-7(2)8-5-4-6-9(8)13-10(12)11-3/h7-9H,4-6H2,1-3H3,(H,11,12)/t8-,9+/m0/s1. The van der Waals surface area contributed by atoms with Gasteiger partial charge in [0.05, 0.1) is 0 Å². The number of hydrogen-bond acceptors (Lipinski definition) is 2. The monoisotopic (exact) mass is 185 g/mol. The van der Waals surface area contributed by atoms with Gasteiger partial charge in [-0.1, -0.05) is 13.8 Å². The van der Waals surface area contributed by atoms with E-state index in [2.05, 4.69) is 19.2 Å². The fraction of sp³-hybridized carbons (Fsp3) is 0.900. The molecule has 0 unspecified atom stereocenters. The zero-order chi connectivity index (χ0) is 9.84. The Labute approximate surface area is 79.8 Å². The van der Waals surface area contributed by atoms with E-state index in [4.69, 9.17) is 4.74 Å². The van der Waals surface area contributed by atoms with Crippen molar-refractivity contribution in [1.82, 2.24) is 5.32 Å². The van der Waals surface area contributed by atoms with Crippen molar-refractivity contribution in [3.05, 3.63) is 0 Å². The molecule has 2 atom stereocenters. The van der Waals surface area contributed by atoms with Crippen LogP contribution in [0.15, 0.2) is 0 Å². The minimum absolute atomic E-state index is 0.139. The summed E-state index contributed by atoms with van der Waals surface area (Å²) in [6.07, 6.45) is 3.25. The van der Waals surface area contributed by atoms with Crippen LogP contribution in [0.25, 0.3) is 0 Å². The molecule has 0 spiro atoms. The first-order valence-electron chi connectivity index (χ1n) is 5.03. The molecule has 1 amide bonds. The summed E-state index contributed by atoms with van der Waals surface area (Å²) in [6, 6.07) is 0. The highest BCUT2D eigenvalue weighted by molar-refractivity contribution is 5.66. The molecule has 0 heterocycles. The first-order chi connectivity index (χ1) is 6.15. The maximum Gasteiger partial charge on any atom is 0.407 e. The van der Waals surface area contributed by atoms with Gasteiger partial charge in [-0.25, -0.2) is 4.79 Å². The van der Waals surface area contributed by atoms with Gasteiger partial charge < -0.3 is 10.1 Å². The summed E-state index contributed by atoms with van der Waals surface area (Å²) in [5, 5.41) is 2.49. The highest BCUT2D eigenvalue weighted by atomic mass is 16.6. The maximum absolute atomic E-state index is 11.0. The summed E-state index contributed by atoms with van der Waals surface area (Å²) >= 11 is 0. The smallest absolute Gasteiger partial charge is 0.407 e. The first kappa shape index (κ1) is 10.4. The van der Waals surface area contributed by atoms with Crippen molar-refractivity contribution in [2.24, 2.45) is 11.8 Å². The van der Waals surface area contributed by atoms with Crippen LogP contribution in [0.5, 0.6) is 0 Å². The summed E-state index contributed by atoms with van der Waals surface area (Å²) in [5.74, 6) is 1.16. The number of ether oxygens (including phenoxy) is 1. The van der Waals surface area contributed by atoms with E-state index >= 15 is 0 Å². The van der Waals surface area contributed by atoms with Crippen LogP contribution in [-0.4, -0.2) is 19.2 Å². The van der Waals surface area contributed by atoms with Crippen LogP contribution in [0.1, 0.15) is 33.1 Å². The zero-order valence-electron chi connectivity index (χ0n) is 8.67. The molecule has 13 heavy (non-hydrogen) atoms. The molecule has 3 nitrogen and oxygen atoms in total. The Morgan fingerprint density at radius 1 is 1.46 bits per heavy atom. The number of rotatable bonds is 2. The van der Waals surface area contributed by atoms with Gasteiger partial charge in [-0.15, -0.1) is 0 Å². The average Bonchev–Trinajstić information content (AvgIpc) is 2.52. The molecule has 0 aromatic heterocycles. The van der Waals surface area contributed by atoms with Crippen molar-refractivity contribution >= 4 is 6.09 Å². The third-order valence-corrected chi connectivity index (χ3v) is 2.82. The lowest BCUT2D eigenvalue weighted by atomic mass is 9.92. The van der Waals surface area contributed by atoms with Crippen molar-refractivity contribution in [1.29, 1.82) is 0 Å². The van der Waals surface area contributed by atoms with Gasteiger partial charge in [0.2, 0.25) is 0 Å². The van der Waals surface area contributed by atoms with E-state index in [1.165, 1.54) is 12.8 Å². The third-order valence-electron chi connectivity index (χ3n) is 2.82. The molecule has 0 radical (unpaired) electrons. The second-order valence-corrected chi connectivity index (χ2v) is 4.03. The van der Waals surface area contributed by atoms with E-state index in [0.29, 0.717) is 11.8 Å². The lowest BCUT2D eigenvalue weighted by Crippen LogP contribution is -2.30. The Morgan fingerprint density at radius 2 is 2.15 bits per heavy atom. The highest BCUT2D eigenvalue weighted by Gasteiger charge is 2.32. The number of alkyl carbamates (subject to hydrolysis) is 1. The van der Waals surface area contributed by atoms with Crippen molar-refractivity contribution in [2.45, 2.75) is 39.2 Å². The summed E-state index contributed by atoms with van der Waals surface area (Å²) in [7, 11) is 1.60. The molecular formula is C10H19NO2. The van der Waals surface area contributed by atoms with E-state index in [1.54, 1.807) is 7.05 Å². The molecule has 1 rings (SSSR count). The summed E-state index contributed by atoms with van der Waals surface area (Å²) in [4.78, 5) is 11.0. The molecule has 1 saturated carbocycles. The van der Waals surface area contributed by atoms with E-state index in [0.717, 1.165) is 6.42 Å². The predicted molar refractivity (Wildman–Crippen MR) is 51.5 cm³/mol. The molecule has 0 aromatic carbocycles. The molecular weight excluding hydrogens is 166 g/mol. The fourth-order valence-corrected chi connectivity index (χ4v) is 2.06. The molecule has 0 aromatic rings. The molecule has 1 fully saturated rings. The van der Waals surface area contributed by atoms with Gasteiger partial charge >= 0.3 is 6.09 Å². The van der Waals surface area contributed by atoms with Gasteiger partial charge in [0.25, 0.3) is 0 Å². The van der Waals surface area contributed by atoms with Crippen LogP contribution in [-0.2, 0) is 4.74 Å². The molecule has 1 aliphatic rings. The quantitative estimate of drug-likeness (QED) is 0.716. The van der Waals surface area contributed by atoms with Gasteiger partial charge in [-0.3, -0.25) is 0 Å². The van der Waals surface area contributed by atoms with Crippen molar-refractivity contribution in [3.8, 4) is 0 Å². The van der Waals surface area contributed by atoms with Crippen molar-refractivity contribution in [2.75, 3.05) is 7.05 Å². The van der Waals surface area contributed by atoms with Crippen LogP contribution >= 0.6 is 0 Å². The third kappa shape index (κ3) is 2.61. The zero-order valence-corrected chi connectivity index (χ0v) is 8.67. The molecule has 0 aliphatic heterocycles. The second-order valence-electron chi connectivity index (χ2n) is 4.03. The average molecular weight is 185 g/mol. The normalized spacial score (nSPS) is 27.7. The van der Waals surface area contributed by atoms with Crippen LogP contribution < -0.4 is 5.32 Å². The fourth-order valence-electron chi connectivity index (χ4n) is 2.06. The Kier molecular flexibility index (Phi) is 3.58. The minimum atomic E-state index is -0.294. The number of hydrogen-bond donors (Lipinski definition) is 1. The summed E-state index contributed by atoms with van der Waals surface area (Å²) < 4.78 is 5.28. The highest BCUT2D eigenvalue weighted by Crippen LogP contribution is 2.33. The number of carbonyl (C=O) groups excluding carboxylic acids is 1. The van der Waals surface area contributed by atoms with E-state index in [9.17, 15) is 4.79 Å². The second kappa shape index (κ2) is 4.49. The first-order valence-corrected chi connectivity index (χ1v) is 5.03. The number of nitrogens with one attached hydrogen (secondary N) is 1. The topological polar surface area (TPSA) is 38.3 Å². The lowest BCUT2D eigenvalue weighted by molar-refractivity contribution is 0.0639. The van der Waals surface area contributed by atoms with E-state index in [1.807, 2.05) is 0 Å². The maximum atomic E-state index is 11.0. The molecule has 1 aliphatic carbocycles. The van der Waals surface area contributed by atoms with Gasteiger partial charge in [0, 0.05) is 7.05 Å². The van der Waals surface area contributed by atoms with Gasteiger partial charge in [-0.2, -0.15) is 0 Å². The van der Waals surface area contributed by atoms with Crippen LogP contribution in [0.3, 0.4) is 0 Å². The SMILES string of the molecule is CNC(=O)O[C@@H]1CCC[C@H]1C(C)C. The van der Waals surface area contributed by atoms with Crippen molar-refractivity contribution < 1.29 is 9.53 Å². The van der Waals surface area contributed by atoms with Gasteiger partial charge in [0.15, 0.2) is 0 Å². The molecule has 0 saturated heterocycles. The molecule has 3 heteroatoms. The lowest BCUT2D eigenvalue weighted by Gasteiger charge is -2.22. The van der Waals surface area contributed by atoms with Crippen LogP contribution in [0.4, 0.5) is 4.79 Å². The van der Waals surface area contributed by atoms with Crippen LogP contribution in [0, 0.1) is 11.8 Å². The summed E-state index contributed by atoms with van der Waals surface area (Å²) in [5.41, 5.74) is 0. The Balaban J connectivity index is 2.44. The van der Waals surface area contributed by atoms with Crippen LogP contribution in [0.2, 0.25) is 0 Å². The van der Waals surface area contributed by atoms with Gasteiger partial charge in [-0.05, 0) is 31.1 Å². The number of carbonyl (C=O) groups is 1. The Morgan fingerprint density at radius 3 is 2.69 bits per heavy atom. The largest absolute Gasteiger partial charge is 0.446 e. The molecule has 1 N–H and O–H groups in total. The minimum Gasteiger partial charge on any atom is -0.446 e. The molecule has 0 bridgehead atoms. The predicted octanol–water partition coefficient (Wildman–Crippen LogP) is 2.17. The van der Waals surface area contributed by atoms with Gasteiger partial charge in [0.1, 0.15) is 6.10 Å². The summed E-state index contributed by atoms with van der Waals surface area (Å²) in [6.45, 7) is 4.38. The molecule has 76 valence electrons. The Hall–Kier alpha value is -0.730.